The van der Waals surface area contributed by atoms with Crippen LogP contribution in [0, 0.1) is 0 Å². The minimum atomic E-state index is -0.898. The van der Waals surface area contributed by atoms with Crippen LogP contribution in [0.3, 0.4) is 0 Å². The number of fused-ring (bicyclic) bond motifs is 1. The highest BCUT2D eigenvalue weighted by Crippen LogP contribution is 2.31. The van der Waals surface area contributed by atoms with Crippen molar-refractivity contribution in [3.8, 4) is 11.4 Å². The third-order valence-electron chi connectivity index (χ3n) is 3.85. The molecular formula is C18H20N4O4S. The first kappa shape index (κ1) is 19.0. The number of rotatable bonds is 6. The molecule has 142 valence electrons. The van der Waals surface area contributed by atoms with E-state index in [2.05, 4.69) is 15.1 Å². The summed E-state index contributed by atoms with van der Waals surface area (Å²) < 4.78 is 10.9. The molecule has 0 aliphatic rings. The second-order valence-electron chi connectivity index (χ2n) is 6.20. The highest BCUT2D eigenvalue weighted by molar-refractivity contribution is 8.01. The van der Waals surface area contributed by atoms with Gasteiger partial charge in [0.05, 0.1) is 25.6 Å². The van der Waals surface area contributed by atoms with E-state index in [-0.39, 0.29) is 18.1 Å². The van der Waals surface area contributed by atoms with Gasteiger partial charge >= 0.3 is 5.97 Å². The van der Waals surface area contributed by atoms with Crippen molar-refractivity contribution in [1.29, 1.82) is 0 Å². The molecule has 0 aliphatic heterocycles. The van der Waals surface area contributed by atoms with Crippen molar-refractivity contribution in [3.63, 3.8) is 0 Å². The van der Waals surface area contributed by atoms with Gasteiger partial charge < -0.3 is 14.5 Å². The van der Waals surface area contributed by atoms with Gasteiger partial charge in [-0.2, -0.15) is 5.10 Å². The Hall–Kier alpha value is -2.81. The zero-order chi connectivity index (χ0) is 19.6. The van der Waals surface area contributed by atoms with Crippen molar-refractivity contribution in [2.24, 2.45) is 0 Å². The molecule has 0 bridgehead atoms. The topological polar surface area (TPSA) is 99.1 Å². The fourth-order valence-electron chi connectivity index (χ4n) is 2.45. The van der Waals surface area contributed by atoms with E-state index in [9.17, 15) is 9.59 Å². The second-order valence-corrected chi connectivity index (χ2v) is 7.81. The second kappa shape index (κ2) is 7.43. The van der Waals surface area contributed by atoms with Gasteiger partial charge in [0, 0.05) is 0 Å². The van der Waals surface area contributed by atoms with Crippen LogP contribution in [0.1, 0.15) is 20.8 Å². The van der Waals surface area contributed by atoms with Crippen molar-refractivity contribution in [2.45, 2.75) is 30.7 Å². The number of methoxy groups -OCH3 is 1. The molecule has 0 saturated carbocycles. The van der Waals surface area contributed by atoms with Gasteiger partial charge in [-0.1, -0.05) is 11.8 Å². The number of esters is 1. The van der Waals surface area contributed by atoms with Crippen LogP contribution in [0.15, 0.2) is 40.4 Å². The molecule has 2 heterocycles. The number of hydrogen-bond donors (Lipinski definition) is 1. The van der Waals surface area contributed by atoms with Crippen molar-refractivity contribution >= 4 is 28.8 Å². The molecule has 1 N–H and O–H groups in total. The van der Waals surface area contributed by atoms with Gasteiger partial charge in [0.15, 0.2) is 10.8 Å². The number of carbonyl (C=O) groups excluding carboxylic acids is 1. The predicted octanol–water partition coefficient (Wildman–Crippen LogP) is 2.55. The maximum Gasteiger partial charge on any atom is 0.322 e. The first-order chi connectivity index (χ1) is 12.9. The molecule has 9 heteroatoms. The smallest absolute Gasteiger partial charge is 0.322 e. The molecule has 3 aromatic rings. The molecule has 0 atom stereocenters. The standard InChI is InChI=1S/C18H20N4O4S/c1-5-26-16(24)18(2,3)27-17-20-14-13(15(23)21-17)10-19-22(14)11-6-8-12(25-4)9-7-11/h6-10H,5H2,1-4H3,(H,20,21,23). The van der Waals surface area contributed by atoms with Crippen LogP contribution in [0.5, 0.6) is 5.75 Å². The minimum Gasteiger partial charge on any atom is -0.497 e. The lowest BCUT2D eigenvalue weighted by Crippen LogP contribution is -2.30. The zero-order valence-corrected chi connectivity index (χ0v) is 16.3. The maximum atomic E-state index is 12.4. The number of benzene rings is 1. The van der Waals surface area contributed by atoms with E-state index in [0.717, 1.165) is 17.4 Å². The Balaban J connectivity index is 2.02. The first-order valence-corrected chi connectivity index (χ1v) is 9.16. The number of ether oxygens (including phenoxy) is 2. The molecule has 0 radical (unpaired) electrons. The molecule has 1 aromatic carbocycles. The summed E-state index contributed by atoms with van der Waals surface area (Å²) in [5, 5.41) is 4.96. The Kier molecular flexibility index (Phi) is 5.22. The molecule has 0 saturated heterocycles. The number of thioether (sulfide) groups is 1. The number of aromatic amines is 1. The highest BCUT2D eigenvalue weighted by atomic mass is 32.2. The number of carbonyl (C=O) groups is 1. The fraction of sp³-hybridized carbons (Fsp3) is 0.333. The lowest BCUT2D eigenvalue weighted by Gasteiger charge is -2.20. The van der Waals surface area contributed by atoms with Crippen LogP contribution in [0.25, 0.3) is 16.7 Å². The van der Waals surface area contributed by atoms with Crippen LogP contribution in [0.4, 0.5) is 0 Å². The number of nitrogens with one attached hydrogen (secondary N) is 1. The quantitative estimate of drug-likeness (QED) is 0.393. The fourth-order valence-corrected chi connectivity index (χ4v) is 3.35. The molecule has 0 unspecified atom stereocenters. The van der Waals surface area contributed by atoms with Crippen LogP contribution < -0.4 is 10.3 Å². The first-order valence-electron chi connectivity index (χ1n) is 8.34. The van der Waals surface area contributed by atoms with Gasteiger partial charge in [-0.3, -0.25) is 9.59 Å². The van der Waals surface area contributed by atoms with E-state index < -0.39 is 4.75 Å². The maximum absolute atomic E-state index is 12.4. The number of nitrogens with zero attached hydrogens (tertiary/aromatic N) is 3. The monoisotopic (exact) mass is 388 g/mol. The average Bonchev–Trinajstić information content (AvgIpc) is 3.06. The molecule has 0 fully saturated rings. The Morgan fingerprint density at radius 3 is 2.63 bits per heavy atom. The van der Waals surface area contributed by atoms with E-state index in [0.29, 0.717) is 21.9 Å². The average molecular weight is 388 g/mol. The highest BCUT2D eigenvalue weighted by Gasteiger charge is 2.32. The van der Waals surface area contributed by atoms with Gasteiger partial charge in [-0.15, -0.1) is 0 Å². The Labute approximate surface area is 159 Å². The molecule has 0 spiro atoms. The minimum absolute atomic E-state index is 0.288. The summed E-state index contributed by atoms with van der Waals surface area (Å²) in [6, 6.07) is 7.25. The van der Waals surface area contributed by atoms with Crippen LogP contribution in [0.2, 0.25) is 0 Å². The summed E-state index contributed by atoms with van der Waals surface area (Å²) in [5.41, 5.74) is 0.831. The summed E-state index contributed by atoms with van der Waals surface area (Å²) >= 11 is 1.13. The molecule has 0 aliphatic carbocycles. The van der Waals surface area contributed by atoms with Crippen LogP contribution >= 0.6 is 11.8 Å². The summed E-state index contributed by atoms with van der Waals surface area (Å²) in [6.07, 6.45) is 1.47. The molecule has 3 rings (SSSR count). The zero-order valence-electron chi connectivity index (χ0n) is 15.5. The van der Waals surface area contributed by atoms with Gasteiger partial charge in [-0.25, -0.2) is 9.67 Å². The largest absolute Gasteiger partial charge is 0.497 e. The summed E-state index contributed by atoms with van der Waals surface area (Å²) in [6.45, 7) is 5.48. The molecular weight excluding hydrogens is 368 g/mol. The van der Waals surface area contributed by atoms with E-state index >= 15 is 0 Å². The predicted molar refractivity (Wildman–Crippen MR) is 103 cm³/mol. The molecule has 2 aromatic heterocycles. The SMILES string of the molecule is CCOC(=O)C(C)(C)Sc1nc2c(cnn2-c2ccc(OC)cc2)c(=O)[nH]1. The summed E-state index contributed by atoms with van der Waals surface area (Å²) in [4.78, 5) is 31.8. The van der Waals surface area contributed by atoms with E-state index in [4.69, 9.17) is 9.47 Å². The Morgan fingerprint density at radius 1 is 1.30 bits per heavy atom. The van der Waals surface area contributed by atoms with Crippen molar-refractivity contribution in [2.75, 3.05) is 13.7 Å². The van der Waals surface area contributed by atoms with Gasteiger partial charge in [0.1, 0.15) is 15.9 Å². The molecule has 0 amide bonds. The lowest BCUT2D eigenvalue weighted by atomic mass is 10.2. The third kappa shape index (κ3) is 3.82. The van der Waals surface area contributed by atoms with E-state index in [1.807, 2.05) is 12.1 Å². The summed E-state index contributed by atoms with van der Waals surface area (Å²) in [7, 11) is 1.59. The number of hydrogen-bond acceptors (Lipinski definition) is 7. The Bertz CT molecular complexity index is 1020. The number of aromatic nitrogens is 4. The molecule has 27 heavy (non-hydrogen) atoms. The van der Waals surface area contributed by atoms with Crippen LogP contribution in [-0.4, -0.2) is 44.2 Å². The van der Waals surface area contributed by atoms with E-state index in [1.165, 1.54) is 6.20 Å². The van der Waals surface area contributed by atoms with Crippen LogP contribution in [-0.2, 0) is 9.53 Å². The molecule has 8 nitrogen and oxygen atoms in total. The van der Waals surface area contributed by atoms with Gasteiger partial charge in [-0.05, 0) is 45.0 Å². The van der Waals surface area contributed by atoms with E-state index in [1.54, 1.807) is 44.7 Å². The number of H-pyrrole nitrogens is 1. The van der Waals surface area contributed by atoms with Crippen molar-refractivity contribution in [1.82, 2.24) is 19.7 Å². The van der Waals surface area contributed by atoms with Crippen molar-refractivity contribution in [3.05, 3.63) is 40.8 Å². The van der Waals surface area contributed by atoms with Gasteiger partial charge in [0.25, 0.3) is 5.56 Å². The van der Waals surface area contributed by atoms with Gasteiger partial charge in [0.2, 0.25) is 0 Å². The van der Waals surface area contributed by atoms with Crippen molar-refractivity contribution < 1.29 is 14.3 Å². The summed E-state index contributed by atoms with van der Waals surface area (Å²) in [5.74, 6) is 0.342. The normalized spacial score (nSPS) is 11.6. The Morgan fingerprint density at radius 2 is 2.00 bits per heavy atom. The lowest BCUT2D eigenvalue weighted by molar-refractivity contribution is -0.145. The third-order valence-corrected chi connectivity index (χ3v) is 4.92.